The molecule has 136 valence electrons. The maximum atomic E-state index is 13.1. The highest BCUT2D eigenvalue weighted by atomic mass is 79.9. The Morgan fingerprint density at radius 3 is 2.44 bits per heavy atom. The van der Waals surface area contributed by atoms with Crippen molar-refractivity contribution in [3.8, 4) is 0 Å². The number of amides is 1. The van der Waals surface area contributed by atoms with Crippen LogP contribution in [0.25, 0.3) is 0 Å². The Balaban J connectivity index is 1.51. The van der Waals surface area contributed by atoms with Gasteiger partial charge in [0.2, 0.25) is 5.92 Å². The number of hydrogen-bond donors (Lipinski definition) is 1. The van der Waals surface area contributed by atoms with Crippen LogP contribution in [-0.2, 0) is 16.1 Å². The first-order valence-corrected chi connectivity index (χ1v) is 9.38. The summed E-state index contributed by atoms with van der Waals surface area (Å²) in [5, 5.41) is 2.73. The van der Waals surface area contributed by atoms with Gasteiger partial charge in [0.05, 0.1) is 11.4 Å². The quantitative estimate of drug-likeness (QED) is 0.712. The van der Waals surface area contributed by atoms with Crippen LogP contribution in [0.4, 0.5) is 13.6 Å². The van der Waals surface area contributed by atoms with Crippen LogP contribution in [-0.4, -0.2) is 29.2 Å². The Hall–Kier alpha value is -1.50. The first-order chi connectivity index (χ1) is 11.8. The van der Waals surface area contributed by atoms with Crippen LogP contribution in [0.1, 0.15) is 31.2 Å². The van der Waals surface area contributed by atoms with Crippen molar-refractivity contribution < 1.29 is 23.1 Å². The lowest BCUT2D eigenvalue weighted by atomic mass is 9.49. The van der Waals surface area contributed by atoms with E-state index in [9.17, 15) is 18.4 Å². The zero-order valence-electron chi connectivity index (χ0n) is 13.6. The van der Waals surface area contributed by atoms with Crippen LogP contribution < -0.4 is 5.32 Å². The van der Waals surface area contributed by atoms with Crippen molar-refractivity contribution in [1.82, 2.24) is 5.32 Å². The predicted octanol–water partition coefficient (Wildman–Crippen LogP) is 4.07. The van der Waals surface area contributed by atoms with Crippen molar-refractivity contribution in [3.05, 3.63) is 35.9 Å². The molecule has 0 saturated heterocycles. The number of rotatable bonds is 6. The number of hydrogen-bond acceptors (Lipinski definition) is 3. The number of Topliss-reactive ketones (excluding diaryl/α,β-unsaturated/α-hetero) is 1. The molecule has 2 aliphatic rings. The van der Waals surface area contributed by atoms with E-state index in [4.69, 9.17) is 4.74 Å². The maximum absolute atomic E-state index is 13.1. The summed E-state index contributed by atoms with van der Waals surface area (Å²) in [5.41, 5.74) is 0.509. The molecule has 3 rings (SSSR count). The lowest BCUT2D eigenvalue weighted by molar-refractivity contribution is -0.209. The number of ether oxygens (including phenoxy) is 1. The molecule has 1 unspecified atom stereocenters. The zero-order valence-corrected chi connectivity index (χ0v) is 15.2. The number of carbonyl (C=O) groups excluding carboxylic acids is 2. The van der Waals surface area contributed by atoms with Crippen molar-refractivity contribution in [2.24, 2.45) is 11.3 Å². The molecule has 1 spiro atoms. The largest absolute Gasteiger partial charge is 0.445 e. The molecular weight excluding hydrogens is 396 g/mol. The molecule has 0 aliphatic heterocycles. The second-order valence-corrected chi connectivity index (χ2v) is 7.72. The molecule has 1 amide bonds. The molecule has 4 nitrogen and oxygen atoms in total. The minimum absolute atomic E-state index is 0.106. The molecule has 1 atom stereocenters. The minimum atomic E-state index is -2.57. The fraction of sp³-hybridized carbons (Fsp3) is 0.556. The van der Waals surface area contributed by atoms with Gasteiger partial charge in [0.1, 0.15) is 6.61 Å². The third-order valence-electron chi connectivity index (χ3n) is 5.09. The average molecular weight is 416 g/mol. The van der Waals surface area contributed by atoms with E-state index in [1.165, 1.54) is 0 Å². The summed E-state index contributed by atoms with van der Waals surface area (Å²) in [5.74, 6) is -2.84. The summed E-state index contributed by atoms with van der Waals surface area (Å²) in [4.78, 5) is 24.2. The van der Waals surface area contributed by atoms with Gasteiger partial charge in [-0.25, -0.2) is 13.6 Å². The van der Waals surface area contributed by atoms with Gasteiger partial charge in [-0.15, -0.1) is 0 Å². The Labute approximate surface area is 153 Å². The smallest absolute Gasteiger partial charge is 0.408 e. The normalized spacial score (nSPS) is 21.7. The van der Waals surface area contributed by atoms with Gasteiger partial charge in [-0.3, -0.25) is 4.79 Å². The average Bonchev–Trinajstić information content (AvgIpc) is 2.53. The van der Waals surface area contributed by atoms with Gasteiger partial charge >= 0.3 is 6.09 Å². The van der Waals surface area contributed by atoms with Gasteiger partial charge in [0.25, 0.3) is 0 Å². The van der Waals surface area contributed by atoms with Gasteiger partial charge in [-0.05, 0) is 29.7 Å². The molecular formula is C18H20BrF2NO3. The van der Waals surface area contributed by atoms with Crippen molar-refractivity contribution in [2.75, 3.05) is 5.33 Å². The number of carbonyl (C=O) groups is 2. The number of halogens is 3. The highest BCUT2D eigenvalue weighted by molar-refractivity contribution is 9.09. The maximum Gasteiger partial charge on any atom is 0.408 e. The Kier molecular flexibility index (Phi) is 5.14. The molecule has 0 bridgehead atoms. The fourth-order valence-corrected chi connectivity index (χ4v) is 4.41. The minimum Gasteiger partial charge on any atom is -0.445 e. The van der Waals surface area contributed by atoms with Crippen LogP contribution in [0.3, 0.4) is 0 Å². The molecule has 2 saturated carbocycles. The van der Waals surface area contributed by atoms with Crippen molar-refractivity contribution in [2.45, 2.75) is 44.3 Å². The molecule has 7 heteroatoms. The van der Waals surface area contributed by atoms with E-state index in [1.807, 2.05) is 30.3 Å². The van der Waals surface area contributed by atoms with E-state index in [1.54, 1.807) is 0 Å². The molecule has 0 aromatic heterocycles. The second kappa shape index (κ2) is 7.02. The number of nitrogens with one attached hydrogen (secondary N) is 1. The lowest BCUT2D eigenvalue weighted by Crippen LogP contribution is -2.60. The summed E-state index contributed by atoms with van der Waals surface area (Å²) in [6, 6.07) is 8.53. The van der Waals surface area contributed by atoms with E-state index < -0.39 is 18.1 Å². The third-order valence-corrected chi connectivity index (χ3v) is 5.65. The van der Waals surface area contributed by atoms with E-state index in [2.05, 4.69) is 21.2 Å². The summed E-state index contributed by atoms with van der Waals surface area (Å²) in [6.07, 6.45) is 0.215. The lowest BCUT2D eigenvalue weighted by Gasteiger charge is -2.58. The Morgan fingerprint density at radius 2 is 1.88 bits per heavy atom. The molecule has 1 N–H and O–H groups in total. The van der Waals surface area contributed by atoms with E-state index in [0.29, 0.717) is 12.8 Å². The molecule has 2 fully saturated rings. The highest BCUT2D eigenvalue weighted by Crippen LogP contribution is 2.65. The van der Waals surface area contributed by atoms with Crippen LogP contribution >= 0.6 is 15.9 Å². The summed E-state index contributed by atoms with van der Waals surface area (Å²) in [6.45, 7) is 0.114. The summed E-state index contributed by atoms with van der Waals surface area (Å²) < 4.78 is 31.4. The number of alkyl halides is 3. The van der Waals surface area contributed by atoms with E-state index in [-0.39, 0.29) is 41.9 Å². The molecule has 1 aromatic rings. The standard InChI is InChI=1S/C18H20BrF2NO3/c19-8-14(23)15(13-6-17(7-13)10-18(20,21)11-17)22-16(24)25-9-12-4-2-1-3-5-12/h1-5,13,15H,6-11H2,(H,22,24). The molecule has 0 radical (unpaired) electrons. The van der Waals surface area contributed by atoms with Crippen molar-refractivity contribution in [3.63, 3.8) is 0 Å². The van der Waals surface area contributed by atoms with Gasteiger partial charge in [0.15, 0.2) is 5.78 Å². The van der Waals surface area contributed by atoms with Gasteiger partial charge in [-0.1, -0.05) is 46.3 Å². The zero-order chi connectivity index (χ0) is 18.1. The monoisotopic (exact) mass is 415 g/mol. The third kappa shape index (κ3) is 4.19. The van der Waals surface area contributed by atoms with Crippen molar-refractivity contribution in [1.29, 1.82) is 0 Å². The van der Waals surface area contributed by atoms with Crippen LogP contribution in [0.15, 0.2) is 30.3 Å². The topological polar surface area (TPSA) is 55.4 Å². The van der Waals surface area contributed by atoms with Crippen LogP contribution in [0.5, 0.6) is 0 Å². The van der Waals surface area contributed by atoms with Crippen molar-refractivity contribution >= 4 is 27.8 Å². The van der Waals surface area contributed by atoms with Gasteiger partial charge in [-0.2, -0.15) is 0 Å². The first-order valence-electron chi connectivity index (χ1n) is 8.26. The highest BCUT2D eigenvalue weighted by Gasteiger charge is 2.63. The van der Waals surface area contributed by atoms with Gasteiger partial charge < -0.3 is 10.1 Å². The first kappa shape index (κ1) is 18.3. The molecule has 1 aromatic carbocycles. The van der Waals surface area contributed by atoms with E-state index >= 15 is 0 Å². The number of benzene rings is 1. The Bertz CT molecular complexity index is 637. The van der Waals surface area contributed by atoms with Crippen LogP contribution in [0, 0.1) is 11.3 Å². The van der Waals surface area contributed by atoms with Crippen LogP contribution in [0.2, 0.25) is 0 Å². The van der Waals surface area contributed by atoms with E-state index in [0.717, 1.165) is 5.56 Å². The molecule has 25 heavy (non-hydrogen) atoms. The van der Waals surface area contributed by atoms with Gasteiger partial charge in [0, 0.05) is 12.8 Å². The fourth-order valence-electron chi connectivity index (χ4n) is 4.06. The number of ketones is 1. The molecule has 0 heterocycles. The predicted molar refractivity (Wildman–Crippen MR) is 91.7 cm³/mol. The SMILES string of the molecule is O=C(NC(C(=O)CBr)C1CC2(C1)CC(F)(F)C2)OCc1ccccc1. The summed E-state index contributed by atoms with van der Waals surface area (Å²) in [7, 11) is 0. The Morgan fingerprint density at radius 1 is 1.24 bits per heavy atom. The summed E-state index contributed by atoms with van der Waals surface area (Å²) >= 11 is 3.12. The second-order valence-electron chi connectivity index (χ2n) is 7.16. The number of alkyl carbamates (subject to hydrolysis) is 1. The molecule has 2 aliphatic carbocycles.